The minimum Gasteiger partial charge on any atom is -0.303 e. The number of hydrogen-bond acceptors (Lipinski definition) is 1. The zero-order valence-electron chi connectivity index (χ0n) is 7.14. The molecule has 1 nitrogen and oxygen atoms in total. The van der Waals surface area contributed by atoms with Crippen LogP contribution in [-0.2, 0) is 4.79 Å². The first-order chi connectivity index (χ1) is 6.66. The quantitative estimate of drug-likeness (QED) is 0.578. The lowest BCUT2D eigenvalue weighted by Gasteiger charge is -2.02. The van der Waals surface area contributed by atoms with Crippen LogP contribution in [0.4, 0.5) is 0 Å². The zero-order valence-corrected chi connectivity index (χ0v) is 9.40. The first-order valence-electron chi connectivity index (χ1n) is 3.90. The maximum atomic E-state index is 10.1. The summed E-state index contributed by atoms with van der Waals surface area (Å²) in [6, 6.07) is 3.41. The predicted molar refractivity (Wildman–Crippen MR) is 61.2 cm³/mol. The van der Waals surface area contributed by atoms with Crippen molar-refractivity contribution in [3.8, 4) is 0 Å². The number of allylic oxidation sites excluding steroid dienone is 1. The molecule has 14 heavy (non-hydrogen) atoms. The van der Waals surface area contributed by atoms with E-state index in [1.807, 2.05) is 0 Å². The van der Waals surface area contributed by atoms with Gasteiger partial charge in [-0.25, -0.2) is 0 Å². The van der Waals surface area contributed by atoms with Crippen LogP contribution in [0.15, 0.2) is 18.2 Å². The molecular weight excluding hydrogens is 242 g/mol. The van der Waals surface area contributed by atoms with E-state index in [1.165, 1.54) is 0 Å². The Bertz CT molecular complexity index is 372. The Kier molecular flexibility index (Phi) is 4.46. The number of benzene rings is 1. The molecule has 0 amide bonds. The average Bonchev–Trinajstić information content (AvgIpc) is 2.18. The van der Waals surface area contributed by atoms with E-state index >= 15 is 0 Å². The fourth-order valence-corrected chi connectivity index (χ4v) is 1.53. The van der Waals surface area contributed by atoms with Crippen LogP contribution in [0.3, 0.4) is 0 Å². The summed E-state index contributed by atoms with van der Waals surface area (Å²) in [4.78, 5) is 10.1. The minimum atomic E-state index is 0.335. The summed E-state index contributed by atoms with van der Waals surface area (Å²) in [7, 11) is 0. The van der Waals surface area contributed by atoms with E-state index in [9.17, 15) is 4.79 Å². The fourth-order valence-electron chi connectivity index (χ4n) is 0.920. The van der Waals surface area contributed by atoms with Crippen LogP contribution in [0.5, 0.6) is 0 Å². The summed E-state index contributed by atoms with van der Waals surface area (Å²) >= 11 is 17.5. The lowest BCUT2D eigenvalue weighted by atomic mass is 10.2. The van der Waals surface area contributed by atoms with Crippen molar-refractivity contribution in [3.05, 3.63) is 38.8 Å². The van der Waals surface area contributed by atoms with Crippen LogP contribution in [0, 0.1) is 0 Å². The van der Waals surface area contributed by atoms with Gasteiger partial charge in [-0.1, -0.05) is 53.0 Å². The van der Waals surface area contributed by atoms with Gasteiger partial charge in [0.1, 0.15) is 6.29 Å². The minimum absolute atomic E-state index is 0.335. The molecule has 0 aromatic heterocycles. The largest absolute Gasteiger partial charge is 0.303 e. The smallest absolute Gasteiger partial charge is 0.123 e. The van der Waals surface area contributed by atoms with E-state index in [0.29, 0.717) is 21.5 Å². The van der Waals surface area contributed by atoms with E-state index in [4.69, 9.17) is 34.8 Å². The van der Waals surface area contributed by atoms with Crippen molar-refractivity contribution in [1.29, 1.82) is 0 Å². The molecule has 0 fully saturated rings. The van der Waals surface area contributed by atoms with Crippen molar-refractivity contribution >= 4 is 47.2 Å². The Labute approximate surface area is 97.3 Å². The lowest BCUT2D eigenvalue weighted by molar-refractivity contribution is -0.107. The molecule has 0 spiro atoms. The molecule has 74 valence electrons. The Morgan fingerprint density at radius 3 is 2.50 bits per heavy atom. The van der Waals surface area contributed by atoms with E-state index < -0.39 is 0 Å². The van der Waals surface area contributed by atoms with Gasteiger partial charge in [-0.2, -0.15) is 0 Å². The van der Waals surface area contributed by atoms with E-state index in [0.717, 1.165) is 11.8 Å². The molecular formula is C10H7Cl3O. The number of rotatable bonds is 3. The Hall–Kier alpha value is -0.500. The monoisotopic (exact) mass is 248 g/mol. The highest BCUT2D eigenvalue weighted by atomic mass is 35.5. The van der Waals surface area contributed by atoms with Crippen LogP contribution in [0.1, 0.15) is 12.0 Å². The van der Waals surface area contributed by atoms with Crippen LogP contribution in [0.25, 0.3) is 6.08 Å². The summed E-state index contributed by atoms with van der Waals surface area (Å²) in [5.74, 6) is 0. The molecule has 0 saturated heterocycles. The SMILES string of the molecule is O=CCC=Cc1ccc(Cl)c(Cl)c1Cl. The lowest BCUT2D eigenvalue weighted by Crippen LogP contribution is -1.78. The third kappa shape index (κ3) is 2.74. The summed E-state index contributed by atoms with van der Waals surface area (Å²) in [5, 5.41) is 1.16. The van der Waals surface area contributed by atoms with Crippen LogP contribution in [-0.4, -0.2) is 6.29 Å². The summed E-state index contributed by atoms with van der Waals surface area (Å²) < 4.78 is 0. The van der Waals surface area contributed by atoms with Gasteiger partial charge in [0.25, 0.3) is 0 Å². The van der Waals surface area contributed by atoms with Crippen molar-refractivity contribution in [2.24, 2.45) is 0 Å². The highest BCUT2D eigenvalue weighted by Crippen LogP contribution is 2.33. The standard InChI is InChI=1S/C10H7Cl3O/c11-8-5-4-7(3-1-2-6-14)9(12)10(8)13/h1,3-6H,2H2. The molecule has 0 radical (unpaired) electrons. The van der Waals surface area contributed by atoms with Crippen LogP contribution >= 0.6 is 34.8 Å². The second-order valence-corrected chi connectivity index (χ2v) is 3.73. The topological polar surface area (TPSA) is 17.1 Å². The Morgan fingerprint density at radius 1 is 1.14 bits per heavy atom. The highest BCUT2D eigenvalue weighted by molar-refractivity contribution is 6.48. The molecule has 0 aliphatic rings. The number of aldehydes is 1. The highest BCUT2D eigenvalue weighted by Gasteiger charge is 2.05. The third-order valence-corrected chi connectivity index (χ3v) is 2.90. The van der Waals surface area contributed by atoms with Gasteiger partial charge in [0.2, 0.25) is 0 Å². The molecule has 0 aliphatic heterocycles. The summed E-state index contributed by atoms with van der Waals surface area (Å²) in [6.07, 6.45) is 4.61. The second-order valence-electron chi connectivity index (χ2n) is 2.57. The first kappa shape index (κ1) is 11.6. The summed E-state index contributed by atoms with van der Waals surface area (Å²) in [5.41, 5.74) is 0.753. The van der Waals surface area contributed by atoms with Gasteiger partial charge >= 0.3 is 0 Å². The first-order valence-corrected chi connectivity index (χ1v) is 5.04. The normalized spacial score (nSPS) is 10.8. The van der Waals surface area contributed by atoms with Gasteiger partial charge in [-0.05, 0) is 11.6 Å². The van der Waals surface area contributed by atoms with Crippen molar-refractivity contribution in [3.63, 3.8) is 0 Å². The summed E-state index contributed by atoms with van der Waals surface area (Å²) in [6.45, 7) is 0. The van der Waals surface area contributed by atoms with Crippen molar-refractivity contribution in [1.82, 2.24) is 0 Å². The average molecular weight is 250 g/mol. The molecule has 0 atom stereocenters. The Balaban J connectivity index is 2.99. The van der Waals surface area contributed by atoms with E-state index in [1.54, 1.807) is 24.3 Å². The maximum Gasteiger partial charge on any atom is 0.123 e. The number of hydrogen-bond donors (Lipinski definition) is 0. The number of carbonyl (C=O) groups is 1. The van der Waals surface area contributed by atoms with Gasteiger partial charge in [-0.3, -0.25) is 0 Å². The third-order valence-electron chi connectivity index (χ3n) is 1.59. The molecule has 1 aromatic rings. The van der Waals surface area contributed by atoms with Crippen molar-refractivity contribution in [2.45, 2.75) is 6.42 Å². The molecule has 0 heterocycles. The molecule has 0 aliphatic carbocycles. The molecule has 0 bridgehead atoms. The van der Waals surface area contributed by atoms with E-state index in [2.05, 4.69) is 0 Å². The molecule has 0 saturated carbocycles. The maximum absolute atomic E-state index is 10.1. The molecule has 0 N–H and O–H groups in total. The van der Waals surface area contributed by atoms with Gasteiger partial charge in [0.05, 0.1) is 15.1 Å². The van der Waals surface area contributed by atoms with Gasteiger partial charge in [-0.15, -0.1) is 0 Å². The van der Waals surface area contributed by atoms with Gasteiger partial charge in [0.15, 0.2) is 0 Å². The number of carbonyl (C=O) groups excluding carboxylic acids is 1. The predicted octanol–water partition coefficient (Wildman–Crippen LogP) is 4.25. The van der Waals surface area contributed by atoms with E-state index in [-0.39, 0.29) is 0 Å². The fraction of sp³-hybridized carbons (Fsp3) is 0.100. The van der Waals surface area contributed by atoms with Crippen LogP contribution in [0.2, 0.25) is 15.1 Å². The molecule has 4 heteroatoms. The van der Waals surface area contributed by atoms with Crippen molar-refractivity contribution < 1.29 is 4.79 Å². The second kappa shape index (κ2) is 5.40. The van der Waals surface area contributed by atoms with Crippen molar-refractivity contribution in [2.75, 3.05) is 0 Å². The molecule has 1 aromatic carbocycles. The number of halogens is 3. The van der Waals surface area contributed by atoms with Crippen LogP contribution < -0.4 is 0 Å². The Morgan fingerprint density at radius 2 is 1.86 bits per heavy atom. The van der Waals surface area contributed by atoms with Gasteiger partial charge < -0.3 is 4.79 Å². The van der Waals surface area contributed by atoms with Gasteiger partial charge in [0, 0.05) is 6.42 Å². The molecule has 1 rings (SSSR count). The molecule has 0 unspecified atom stereocenters. The zero-order chi connectivity index (χ0) is 10.6.